The molecule has 0 unspecified atom stereocenters. The predicted octanol–water partition coefficient (Wildman–Crippen LogP) is 6.78. The molecule has 11 heteroatoms. The number of carbonyl (C=O) groups is 2. The Morgan fingerprint density at radius 3 is 2.07 bits per heavy atom. The Hall–Kier alpha value is -3.25. The maximum absolute atomic E-state index is 14.4. The minimum atomic E-state index is -2.69. The molecule has 2 aromatic rings. The van der Waals surface area contributed by atoms with Crippen LogP contribution < -0.4 is 10.1 Å². The van der Waals surface area contributed by atoms with Crippen LogP contribution in [0.3, 0.4) is 0 Å². The highest BCUT2D eigenvalue weighted by Crippen LogP contribution is 2.25. The fraction of sp³-hybridized carbons (Fsp3) is 0.500. The summed E-state index contributed by atoms with van der Waals surface area (Å²) in [5.74, 6) is -0.223. The molecule has 1 amide bonds. The summed E-state index contributed by atoms with van der Waals surface area (Å²) in [5, 5.41) is 2.78. The van der Waals surface area contributed by atoms with Crippen LogP contribution in [0.1, 0.15) is 58.4 Å². The first kappa shape index (κ1) is 35.9. The van der Waals surface area contributed by atoms with Gasteiger partial charge in [0.15, 0.2) is 0 Å². The average Bonchev–Trinajstić information content (AvgIpc) is 3.00. The molecule has 1 N–H and O–H groups in total. The predicted molar refractivity (Wildman–Crippen MR) is 166 cm³/mol. The zero-order valence-corrected chi connectivity index (χ0v) is 26.8. The molecule has 0 aliphatic carbocycles. The van der Waals surface area contributed by atoms with Gasteiger partial charge in [-0.05, 0) is 88.3 Å². The molecule has 0 aromatic heterocycles. The number of halogens is 1. The number of benzene rings is 2. The molecule has 0 fully saturated rings. The smallest absolute Gasteiger partial charge is 0.494 e. The Labute approximate surface area is 256 Å². The number of nitrogens with one attached hydrogen (secondary N) is 1. The van der Waals surface area contributed by atoms with E-state index in [1.165, 1.54) is 25.3 Å². The van der Waals surface area contributed by atoms with E-state index in [0.717, 1.165) is 42.6 Å². The van der Waals surface area contributed by atoms with Gasteiger partial charge in [-0.3, -0.25) is 0 Å². The molecule has 0 aliphatic rings. The number of rotatable bonds is 21. The monoisotopic (exact) mass is 619 g/mol. The van der Waals surface area contributed by atoms with Crippen LogP contribution in [0.5, 0.6) is 5.75 Å². The van der Waals surface area contributed by atoms with Crippen molar-refractivity contribution in [2.45, 2.75) is 58.9 Å². The fourth-order valence-corrected chi connectivity index (χ4v) is 6.88. The average molecular weight is 620 g/mol. The zero-order chi connectivity index (χ0) is 31.3. The van der Waals surface area contributed by atoms with Gasteiger partial charge in [0.05, 0.1) is 20.3 Å². The number of unbranched alkanes of at least 4 members (excludes halogenated alkanes) is 3. The highest BCUT2D eigenvalue weighted by atomic mass is 28.4. The first-order valence-corrected chi connectivity index (χ1v) is 16.9. The fourth-order valence-electron chi connectivity index (χ4n) is 4.27. The van der Waals surface area contributed by atoms with Gasteiger partial charge in [-0.25, -0.2) is 14.0 Å². The minimum Gasteiger partial charge on any atom is -0.494 e. The third-order valence-electron chi connectivity index (χ3n) is 6.35. The number of amides is 1. The summed E-state index contributed by atoms with van der Waals surface area (Å²) in [6.45, 7) is 8.77. The number of carbonyl (C=O) groups excluding carboxylic acids is 2. The number of methoxy groups -OCH3 is 1. The molecule has 0 spiro atoms. The normalized spacial score (nSPS) is 11.5. The van der Waals surface area contributed by atoms with Gasteiger partial charge in [0.2, 0.25) is 0 Å². The van der Waals surface area contributed by atoms with Gasteiger partial charge in [0.1, 0.15) is 11.6 Å². The maximum Gasteiger partial charge on any atom is 0.500 e. The largest absolute Gasteiger partial charge is 0.500 e. The lowest BCUT2D eigenvalue weighted by Gasteiger charge is -2.28. The van der Waals surface area contributed by atoms with Gasteiger partial charge >= 0.3 is 20.9 Å². The molecule has 0 saturated heterocycles. The Morgan fingerprint density at radius 2 is 1.47 bits per heavy atom. The molecule has 0 heterocycles. The van der Waals surface area contributed by atoms with Gasteiger partial charge in [-0.15, -0.1) is 0 Å². The van der Waals surface area contributed by atoms with Crippen LogP contribution in [0.25, 0.3) is 17.2 Å². The van der Waals surface area contributed by atoms with Crippen LogP contribution in [0.4, 0.5) is 9.18 Å². The third-order valence-corrected chi connectivity index (χ3v) is 9.50. The topological polar surface area (TPSA) is 102 Å². The lowest BCUT2D eigenvalue weighted by Crippen LogP contribution is -2.46. The van der Waals surface area contributed by atoms with Crippen molar-refractivity contribution in [2.75, 3.05) is 46.7 Å². The van der Waals surface area contributed by atoms with Crippen molar-refractivity contribution >= 4 is 26.9 Å². The molecular weight excluding hydrogens is 573 g/mol. The minimum absolute atomic E-state index is 0.307. The maximum atomic E-state index is 14.4. The van der Waals surface area contributed by atoms with Crippen LogP contribution in [0.15, 0.2) is 48.5 Å². The van der Waals surface area contributed by atoms with Gasteiger partial charge in [0, 0.05) is 44.0 Å². The van der Waals surface area contributed by atoms with E-state index >= 15 is 0 Å². The Morgan fingerprint density at radius 1 is 0.837 bits per heavy atom. The Bertz CT molecular complexity index is 1110. The van der Waals surface area contributed by atoms with Crippen LogP contribution >= 0.6 is 0 Å². The number of alkyl carbamates (subject to hydrolysis) is 1. The van der Waals surface area contributed by atoms with E-state index < -0.39 is 26.7 Å². The molecule has 2 aromatic carbocycles. The second-order valence-corrected chi connectivity index (χ2v) is 12.3. The van der Waals surface area contributed by atoms with Crippen molar-refractivity contribution in [3.63, 3.8) is 0 Å². The number of ether oxygens (including phenoxy) is 3. The summed E-state index contributed by atoms with van der Waals surface area (Å²) in [6, 6.07) is 13.0. The molecule has 0 saturated carbocycles. The molecule has 0 radical (unpaired) electrons. The van der Waals surface area contributed by atoms with Crippen LogP contribution in [-0.4, -0.2) is 67.6 Å². The van der Waals surface area contributed by atoms with Gasteiger partial charge in [0.25, 0.3) is 0 Å². The molecule has 43 heavy (non-hydrogen) atoms. The van der Waals surface area contributed by atoms with Crippen molar-refractivity contribution in [1.82, 2.24) is 5.32 Å². The molecule has 238 valence electrons. The number of esters is 1. The van der Waals surface area contributed by atoms with E-state index in [1.54, 1.807) is 12.1 Å². The van der Waals surface area contributed by atoms with Crippen molar-refractivity contribution in [1.29, 1.82) is 0 Å². The van der Waals surface area contributed by atoms with Gasteiger partial charge < -0.3 is 32.8 Å². The molecule has 0 atom stereocenters. The lowest BCUT2D eigenvalue weighted by atomic mass is 10.0. The van der Waals surface area contributed by atoms with E-state index in [4.69, 9.17) is 22.8 Å². The zero-order valence-electron chi connectivity index (χ0n) is 25.8. The van der Waals surface area contributed by atoms with E-state index in [-0.39, 0.29) is 0 Å². The highest BCUT2D eigenvalue weighted by molar-refractivity contribution is 6.60. The molecule has 0 bridgehead atoms. The Balaban J connectivity index is 1.58. The van der Waals surface area contributed by atoms with Crippen molar-refractivity contribution in [3.05, 3.63) is 59.9 Å². The van der Waals surface area contributed by atoms with Crippen molar-refractivity contribution in [2.24, 2.45) is 0 Å². The standard InChI is InChI=1S/C32H46FNO8Si/c1-5-40-43(41-6-2,42-7-3)24-12-21-34-32(36)39-23-11-9-8-10-22-38-29-18-15-26(16-19-29)28-14-13-27(30(33)25-28)17-20-31(35)37-4/h13-20,25H,5-12,21-24H2,1-4H3,(H,34,36). The van der Waals surface area contributed by atoms with Gasteiger partial charge in [-0.1, -0.05) is 24.3 Å². The van der Waals surface area contributed by atoms with Crippen molar-refractivity contribution in [3.8, 4) is 16.9 Å². The summed E-state index contributed by atoms with van der Waals surface area (Å²) in [6.07, 6.45) is 6.39. The second kappa shape index (κ2) is 20.6. The highest BCUT2D eigenvalue weighted by Gasteiger charge is 2.39. The third kappa shape index (κ3) is 13.7. The molecule has 2 rings (SSSR count). The van der Waals surface area contributed by atoms with E-state index in [0.29, 0.717) is 57.6 Å². The summed E-state index contributed by atoms with van der Waals surface area (Å²) >= 11 is 0. The van der Waals surface area contributed by atoms with Crippen LogP contribution in [-0.2, 0) is 27.5 Å². The summed E-state index contributed by atoms with van der Waals surface area (Å²) in [7, 11) is -1.42. The van der Waals surface area contributed by atoms with E-state index in [2.05, 4.69) is 10.1 Å². The number of hydrogen-bond acceptors (Lipinski definition) is 8. The summed E-state index contributed by atoms with van der Waals surface area (Å²) in [4.78, 5) is 23.2. The van der Waals surface area contributed by atoms with E-state index in [9.17, 15) is 14.0 Å². The first-order chi connectivity index (χ1) is 20.9. The molecule has 0 aliphatic heterocycles. The van der Waals surface area contributed by atoms with Crippen LogP contribution in [0, 0.1) is 5.82 Å². The first-order valence-electron chi connectivity index (χ1n) is 15.0. The quantitative estimate of drug-likeness (QED) is 0.0706. The van der Waals surface area contributed by atoms with E-state index in [1.807, 2.05) is 45.0 Å². The lowest BCUT2D eigenvalue weighted by molar-refractivity contribution is -0.134. The molecular formula is C32H46FNO8Si. The second-order valence-electron chi connectivity index (χ2n) is 9.53. The summed E-state index contributed by atoms with van der Waals surface area (Å²) < 4.78 is 47.5. The summed E-state index contributed by atoms with van der Waals surface area (Å²) in [5.41, 5.74) is 1.89. The van der Waals surface area contributed by atoms with Crippen molar-refractivity contribution < 1.29 is 41.5 Å². The number of hydrogen-bond donors (Lipinski definition) is 1. The SMILES string of the molecule is CCO[Si](CCCNC(=O)OCCCCCCOc1ccc(-c2ccc(C=CC(=O)OC)c(F)c2)cc1)(OCC)OCC. The van der Waals surface area contributed by atoms with Crippen LogP contribution in [0.2, 0.25) is 6.04 Å². The Kier molecular flexibility index (Phi) is 17.2. The molecule has 9 nitrogen and oxygen atoms in total. The van der Waals surface area contributed by atoms with Gasteiger partial charge in [-0.2, -0.15) is 0 Å².